The number of rotatable bonds is 5. The predicted molar refractivity (Wildman–Crippen MR) is 108 cm³/mol. The number of amides is 1. The molecule has 1 saturated heterocycles. The van der Waals surface area contributed by atoms with Crippen molar-refractivity contribution >= 4 is 45.0 Å². The van der Waals surface area contributed by atoms with Crippen LogP contribution in [0.1, 0.15) is 24.5 Å². The first-order valence-corrected chi connectivity index (χ1v) is 9.73. The minimum atomic E-state index is -0.0784. The molecule has 0 N–H and O–H groups in total. The van der Waals surface area contributed by atoms with Crippen molar-refractivity contribution in [1.29, 1.82) is 0 Å². The molecule has 0 radical (unpaired) electrons. The van der Waals surface area contributed by atoms with Crippen molar-refractivity contribution in [1.82, 2.24) is 4.90 Å². The lowest BCUT2D eigenvalue weighted by Crippen LogP contribution is -2.31. The van der Waals surface area contributed by atoms with Gasteiger partial charge in [0.2, 0.25) is 5.91 Å². The molecule has 0 bridgehead atoms. The summed E-state index contributed by atoms with van der Waals surface area (Å²) in [4.78, 5) is 14.3. The molecular weight excluding hydrogens is 398 g/mol. The van der Waals surface area contributed by atoms with Crippen LogP contribution in [0.15, 0.2) is 69.3 Å². The topological polar surface area (TPSA) is 45.0 Å². The Morgan fingerprint density at radius 1 is 1.16 bits per heavy atom. The Kier molecular flexibility index (Phi) is 6.04. The number of nitrogens with zero attached hydrogens (tertiary/aromatic N) is 3. The van der Waals surface area contributed by atoms with Gasteiger partial charge in [0.25, 0.3) is 0 Å². The van der Waals surface area contributed by atoms with Crippen LogP contribution in [0.3, 0.4) is 0 Å². The maximum absolute atomic E-state index is 12.6. The van der Waals surface area contributed by atoms with E-state index in [1.807, 2.05) is 61.5 Å². The van der Waals surface area contributed by atoms with E-state index in [2.05, 4.69) is 26.1 Å². The smallest absolute Gasteiger partial charge is 0.242 e. The molecule has 1 heterocycles. The van der Waals surface area contributed by atoms with Crippen LogP contribution in [0.25, 0.3) is 0 Å². The quantitative estimate of drug-likeness (QED) is 0.524. The summed E-state index contributed by atoms with van der Waals surface area (Å²) in [6, 6.07) is 17.8. The summed E-state index contributed by atoms with van der Waals surface area (Å²) in [5.74, 6) is 0.106. The molecule has 0 aromatic heterocycles. The summed E-state index contributed by atoms with van der Waals surface area (Å²) in [7, 11) is 0. The molecule has 25 heavy (non-hydrogen) atoms. The highest BCUT2D eigenvalue weighted by molar-refractivity contribution is 9.10. The van der Waals surface area contributed by atoms with E-state index in [1.54, 1.807) is 11.1 Å². The van der Waals surface area contributed by atoms with Gasteiger partial charge in [-0.25, -0.2) is 0 Å². The largest absolute Gasteiger partial charge is 0.284 e. The summed E-state index contributed by atoms with van der Waals surface area (Å²) in [6.07, 6.45) is 2.48. The molecule has 2 aromatic rings. The summed E-state index contributed by atoms with van der Waals surface area (Å²) in [5.41, 5.74) is 2.04. The second-order valence-electron chi connectivity index (χ2n) is 5.60. The first kappa shape index (κ1) is 17.9. The van der Waals surface area contributed by atoms with E-state index in [0.29, 0.717) is 11.7 Å². The van der Waals surface area contributed by atoms with Crippen LogP contribution in [0.5, 0.6) is 0 Å². The molecule has 1 aliphatic heterocycles. The average Bonchev–Trinajstić information content (AvgIpc) is 2.93. The van der Waals surface area contributed by atoms with Gasteiger partial charge < -0.3 is 0 Å². The molecule has 0 unspecified atom stereocenters. The van der Waals surface area contributed by atoms with E-state index in [1.165, 1.54) is 11.8 Å². The van der Waals surface area contributed by atoms with Gasteiger partial charge in [-0.1, -0.05) is 77.1 Å². The fourth-order valence-corrected chi connectivity index (χ4v) is 3.74. The fraction of sp³-hybridized carbons (Fsp3) is 0.211. The highest BCUT2D eigenvalue weighted by Gasteiger charge is 2.36. The molecule has 1 aliphatic rings. The van der Waals surface area contributed by atoms with Gasteiger partial charge in [0.1, 0.15) is 0 Å². The van der Waals surface area contributed by atoms with Crippen LogP contribution in [-0.4, -0.2) is 27.4 Å². The Morgan fingerprint density at radius 3 is 2.56 bits per heavy atom. The molecule has 0 spiro atoms. The molecule has 0 saturated carbocycles. The van der Waals surface area contributed by atoms with Crippen molar-refractivity contribution in [3.8, 4) is 0 Å². The van der Waals surface area contributed by atoms with Crippen LogP contribution in [0.4, 0.5) is 0 Å². The average molecular weight is 416 g/mol. The molecule has 2 aromatic carbocycles. The van der Waals surface area contributed by atoms with Crippen molar-refractivity contribution < 1.29 is 4.79 Å². The van der Waals surface area contributed by atoms with Gasteiger partial charge >= 0.3 is 0 Å². The second kappa shape index (κ2) is 8.45. The molecule has 4 nitrogen and oxygen atoms in total. The Hall–Kier alpha value is -1.92. The van der Waals surface area contributed by atoms with Crippen molar-refractivity contribution in [2.45, 2.75) is 25.1 Å². The molecule has 6 heteroatoms. The third-order valence-corrected chi connectivity index (χ3v) is 5.66. The lowest BCUT2D eigenvalue weighted by molar-refractivity contribution is -0.126. The maximum Gasteiger partial charge on any atom is 0.242 e. The highest BCUT2D eigenvalue weighted by atomic mass is 79.9. The molecule has 1 amide bonds. The van der Waals surface area contributed by atoms with E-state index in [9.17, 15) is 4.79 Å². The van der Waals surface area contributed by atoms with E-state index in [4.69, 9.17) is 0 Å². The minimum Gasteiger partial charge on any atom is -0.284 e. The third kappa shape index (κ3) is 4.58. The Balaban J connectivity index is 1.78. The molecule has 0 aliphatic carbocycles. The highest BCUT2D eigenvalue weighted by Crippen LogP contribution is 2.30. The first-order chi connectivity index (χ1) is 12.2. The summed E-state index contributed by atoms with van der Waals surface area (Å²) >= 11 is 4.90. The van der Waals surface area contributed by atoms with E-state index in [-0.39, 0.29) is 11.2 Å². The van der Waals surface area contributed by atoms with Crippen molar-refractivity contribution in [2.24, 2.45) is 10.2 Å². The summed E-state index contributed by atoms with van der Waals surface area (Å²) in [6.45, 7) is 2.54. The zero-order valence-corrected chi connectivity index (χ0v) is 16.2. The van der Waals surface area contributed by atoms with E-state index >= 15 is 0 Å². The SMILES string of the molecule is CC[C@H]1S/C(=N\N=C/c2ccc(Br)cc2)N(Cc2ccccc2)C1=O. The Morgan fingerprint density at radius 2 is 1.88 bits per heavy atom. The number of benzene rings is 2. The van der Waals surface area contributed by atoms with Crippen LogP contribution in [0.2, 0.25) is 0 Å². The predicted octanol–water partition coefficient (Wildman–Crippen LogP) is 4.69. The Labute approximate surface area is 160 Å². The monoisotopic (exact) mass is 415 g/mol. The van der Waals surface area contributed by atoms with Crippen molar-refractivity contribution in [3.05, 3.63) is 70.2 Å². The minimum absolute atomic E-state index is 0.0784. The van der Waals surface area contributed by atoms with Crippen molar-refractivity contribution in [3.63, 3.8) is 0 Å². The van der Waals surface area contributed by atoms with Gasteiger partial charge in [-0.3, -0.25) is 9.69 Å². The number of halogens is 1. The lowest BCUT2D eigenvalue weighted by Gasteiger charge is -2.15. The normalized spacial score (nSPS) is 19.3. The molecule has 1 fully saturated rings. The summed E-state index contributed by atoms with van der Waals surface area (Å²) < 4.78 is 1.02. The number of hydrogen-bond donors (Lipinski definition) is 0. The van der Waals surface area contributed by atoms with Gasteiger partial charge in [-0.2, -0.15) is 5.10 Å². The second-order valence-corrected chi connectivity index (χ2v) is 7.69. The molecule has 1 atom stereocenters. The van der Waals surface area contributed by atoms with Gasteiger partial charge in [-0.05, 0) is 29.7 Å². The molecular formula is C19H18BrN3OS. The first-order valence-electron chi connectivity index (χ1n) is 8.06. The number of amidine groups is 1. The standard InChI is InChI=1S/C19H18BrN3OS/c1-2-17-18(24)23(13-15-6-4-3-5-7-15)19(25-17)22-21-12-14-8-10-16(20)11-9-14/h3-12,17H,2,13H2,1H3/b21-12-,22-19-/t17-/m1/s1. The Bertz CT molecular complexity index is 790. The fourth-order valence-electron chi connectivity index (χ4n) is 2.45. The third-order valence-electron chi connectivity index (χ3n) is 3.79. The maximum atomic E-state index is 12.6. The molecule has 3 rings (SSSR count). The number of hydrogen-bond acceptors (Lipinski definition) is 4. The number of thioether (sulfide) groups is 1. The van der Waals surface area contributed by atoms with Gasteiger partial charge in [0, 0.05) is 4.47 Å². The zero-order chi connectivity index (χ0) is 17.6. The van der Waals surface area contributed by atoms with Crippen LogP contribution < -0.4 is 0 Å². The number of carbonyl (C=O) groups is 1. The van der Waals surface area contributed by atoms with E-state index in [0.717, 1.165) is 22.0 Å². The van der Waals surface area contributed by atoms with Gasteiger partial charge in [-0.15, -0.1) is 5.10 Å². The van der Waals surface area contributed by atoms with E-state index < -0.39 is 0 Å². The van der Waals surface area contributed by atoms with Crippen molar-refractivity contribution in [2.75, 3.05) is 0 Å². The summed E-state index contributed by atoms with van der Waals surface area (Å²) in [5, 5.41) is 9.07. The van der Waals surface area contributed by atoms with Gasteiger partial charge in [0.05, 0.1) is 18.0 Å². The van der Waals surface area contributed by atoms with Crippen LogP contribution in [-0.2, 0) is 11.3 Å². The van der Waals surface area contributed by atoms with Crippen LogP contribution in [0, 0.1) is 0 Å². The molecule has 128 valence electrons. The van der Waals surface area contributed by atoms with Crippen LogP contribution >= 0.6 is 27.7 Å². The van der Waals surface area contributed by atoms with Gasteiger partial charge in [0.15, 0.2) is 5.17 Å². The lowest BCUT2D eigenvalue weighted by atomic mass is 10.2. The zero-order valence-electron chi connectivity index (χ0n) is 13.8. The number of carbonyl (C=O) groups excluding carboxylic acids is 1.